The number of hydrogen-bond donors (Lipinski definition) is 2. The van der Waals surface area contributed by atoms with E-state index in [-0.39, 0.29) is 18.7 Å². The summed E-state index contributed by atoms with van der Waals surface area (Å²) in [4.78, 5) is 13.8. The highest BCUT2D eigenvalue weighted by atomic mass is 35.5. The predicted molar refractivity (Wildman–Crippen MR) is 72.0 cm³/mol. The van der Waals surface area contributed by atoms with Crippen LogP contribution < -0.4 is 5.32 Å². The van der Waals surface area contributed by atoms with Gasteiger partial charge in [-0.2, -0.15) is 0 Å². The van der Waals surface area contributed by atoms with Gasteiger partial charge in [0, 0.05) is 12.6 Å². The first-order valence-corrected chi connectivity index (χ1v) is 6.45. The number of aliphatic hydroxyl groups excluding tert-OH is 1. The zero-order chi connectivity index (χ0) is 13.1. The van der Waals surface area contributed by atoms with Crippen LogP contribution in [0.15, 0.2) is 18.2 Å². The third-order valence-corrected chi connectivity index (χ3v) is 3.52. The molecule has 5 heteroatoms. The molecular formula is C13H17ClN2O2. The van der Waals surface area contributed by atoms with Crippen LogP contribution in [0, 0.1) is 6.92 Å². The molecule has 0 saturated heterocycles. The van der Waals surface area contributed by atoms with E-state index in [2.05, 4.69) is 5.32 Å². The van der Waals surface area contributed by atoms with Crippen molar-refractivity contribution >= 4 is 23.3 Å². The number of aliphatic hydroxyl groups is 1. The second-order valence-corrected chi connectivity index (χ2v) is 4.89. The number of carbonyl (C=O) groups excluding carboxylic acids is 1. The van der Waals surface area contributed by atoms with Crippen LogP contribution in [0.2, 0.25) is 5.02 Å². The number of nitrogens with zero attached hydrogens (tertiary/aromatic N) is 1. The Labute approximate surface area is 112 Å². The smallest absolute Gasteiger partial charge is 0.322 e. The Morgan fingerprint density at radius 1 is 1.56 bits per heavy atom. The van der Waals surface area contributed by atoms with E-state index in [0.29, 0.717) is 17.3 Å². The van der Waals surface area contributed by atoms with Crippen molar-refractivity contribution in [3.63, 3.8) is 0 Å². The number of rotatable bonds is 4. The van der Waals surface area contributed by atoms with Crippen LogP contribution in [-0.4, -0.2) is 35.2 Å². The van der Waals surface area contributed by atoms with Crippen molar-refractivity contribution in [3.05, 3.63) is 28.8 Å². The zero-order valence-corrected chi connectivity index (χ0v) is 11.1. The number of benzene rings is 1. The highest BCUT2D eigenvalue weighted by molar-refractivity contribution is 6.34. The molecule has 1 aromatic carbocycles. The molecule has 2 amide bonds. The number of anilines is 1. The minimum absolute atomic E-state index is 0.0224. The lowest BCUT2D eigenvalue weighted by Gasteiger charge is -2.22. The van der Waals surface area contributed by atoms with Gasteiger partial charge in [0.05, 0.1) is 17.3 Å². The highest BCUT2D eigenvalue weighted by Crippen LogP contribution is 2.29. The van der Waals surface area contributed by atoms with Gasteiger partial charge in [-0.15, -0.1) is 0 Å². The third-order valence-electron chi connectivity index (χ3n) is 3.02. The Balaban J connectivity index is 2.07. The maximum Gasteiger partial charge on any atom is 0.322 e. The van der Waals surface area contributed by atoms with Crippen LogP contribution in [0.3, 0.4) is 0 Å². The van der Waals surface area contributed by atoms with Crippen molar-refractivity contribution in [3.8, 4) is 0 Å². The number of halogens is 1. The summed E-state index contributed by atoms with van der Waals surface area (Å²) in [5, 5.41) is 12.3. The molecule has 0 radical (unpaired) electrons. The average molecular weight is 269 g/mol. The molecule has 1 fully saturated rings. The molecule has 1 saturated carbocycles. The van der Waals surface area contributed by atoms with E-state index < -0.39 is 0 Å². The number of amides is 2. The van der Waals surface area contributed by atoms with Crippen molar-refractivity contribution < 1.29 is 9.90 Å². The third kappa shape index (κ3) is 2.94. The van der Waals surface area contributed by atoms with Gasteiger partial charge in [-0.25, -0.2) is 4.79 Å². The summed E-state index contributed by atoms with van der Waals surface area (Å²) in [5.74, 6) is 0. The highest BCUT2D eigenvalue weighted by Gasteiger charge is 2.32. The van der Waals surface area contributed by atoms with Gasteiger partial charge in [0.2, 0.25) is 0 Å². The lowest BCUT2D eigenvalue weighted by molar-refractivity contribution is 0.185. The fourth-order valence-electron chi connectivity index (χ4n) is 1.87. The largest absolute Gasteiger partial charge is 0.395 e. The lowest BCUT2D eigenvalue weighted by Crippen LogP contribution is -2.38. The van der Waals surface area contributed by atoms with Crippen molar-refractivity contribution in [2.24, 2.45) is 0 Å². The van der Waals surface area contributed by atoms with Crippen LogP contribution in [0.5, 0.6) is 0 Å². The number of urea groups is 1. The minimum Gasteiger partial charge on any atom is -0.395 e. The number of hydrogen-bond acceptors (Lipinski definition) is 2. The summed E-state index contributed by atoms with van der Waals surface area (Å²) in [5.41, 5.74) is 1.54. The van der Waals surface area contributed by atoms with Gasteiger partial charge in [-0.1, -0.05) is 23.7 Å². The van der Waals surface area contributed by atoms with E-state index in [0.717, 1.165) is 18.4 Å². The molecule has 0 heterocycles. The van der Waals surface area contributed by atoms with E-state index in [4.69, 9.17) is 16.7 Å². The van der Waals surface area contributed by atoms with Crippen molar-refractivity contribution in [1.82, 2.24) is 4.90 Å². The molecular weight excluding hydrogens is 252 g/mol. The van der Waals surface area contributed by atoms with Gasteiger partial charge in [-0.3, -0.25) is 0 Å². The molecule has 18 heavy (non-hydrogen) atoms. The van der Waals surface area contributed by atoms with Crippen LogP contribution in [0.4, 0.5) is 10.5 Å². The summed E-state index contributed by atoms with van der Waals surface area (Å²) >= 11 is 6.13. The monoisotopic (exact) mass is 268 g/mol. The van der Waals surface area contributed by atoms with Crippen LogP contribution in [0.1, 0.15) is 18.4 Å². The van der Waals surface area contributed by atoms with E-state index >= 15 is 0 Å². The van der Waals surface area contributed by atoms with Crippen molar-refractivity contribution in [2.45, 2.75) is 25.8 Å². The molecule has 0 unspecified atom stereocenters. The standard InChI is InChI=1S/C13H17ClN2O2/c1-9-3-2-4-11(12(9)14)15-13(18)16(7-8-17)10-5-6-10/h2-4,10,17H,5-8H2,1H3,(H,15,18). The Hall–Kier alpha value is -1.26. The van der Waals surface area contributed by atoms with E-state index in [1.165, 1.54) is 0 Å². The van der Waals surface area contributed by atoms with Gasteiger partial charge in [0.1, 0.15) is 0 Å². The molecule has 2 N–H and O–H groups in total. The van der Waals surface area contributed by atoms with Gasteiger partial charge in [0.15, 0.2) is 0 Å². The Kier molecular flexibility index (Phi) is 4.09. The van der Waals surface area contributed by atoms with Crippen LogP contribution >= 0.6 is 11.6 Å². The molecule has 4 nitrogen and oxygen atoms in total. The Morgan fingerprint density at radius 3 is 2.89 bits per heavy atom. The van der Waals surface area contributed by atoms with Crippen molar-refractivity contribution in [2.75, 3.05) is 18.5 Å². The normalized spacial score (nSPS) is 14.4. The molecule has 0 aromatic heterocycles. The quantitative estimate of drug-likeness (QED) is 0.882. The van der Waals surface area contributed by atoms with E-state index in [1.807, 2.05) is 19.1 Å². The first-order valence-electron chi connectivity index (χ1n) is 6.07. The molecule has 98 valence electrons. The average Bonchev–Trinajstić information content (AvgIpc) is 3.16. The number of aryl methyl sites for hydroxylation is 1. The first-order chi connectivity index (χ1) is 8.63. The molecule has 1 aliphatic rings. The molecule has 1 aromatic rings. The fourth-order valence-corrected chi connectivity index (χ4v) is 2.05. The summed E-state index contributed by atoms with van der Waals surface area (Å²) in [6, 6.07) is 5.59. The topological polar surface area (TPSA) is 52.6 Å². The summed E-state index contributed by atoms with van der Waals surface area (Å²) in [6.07, 6.45) is 2.02. The molecule has 0 spiro atoms. The second kappa shape index (κ2) is 5.59. The van der Waals surface area contributed by atoms with Gasteiger partial charge < -0.3 is 15.3 Å². The predicted octanol–water partition coefficient (Wildman–Crippen LogP) is 2.64. The van der Waals surface area contributed by atoms with Crippen molar-refractivity contribution in [1.29, 1.82) is 0 Å². The van der Waals surface area contributed by atoms with E-state index in [9.17, 15) is 4.79 Å². The van der Waals surface area contributed by atoms with Crippen LogP contribution in [0.25, 0.3) is 0 Å². The molecule has 2 rings (SSSR count). The first kappa shape index (κ1) is 13.2. The summed E-state index contributed by atoms with van der Waals surface area (Å²) in [6.45, 7) is 2.23. The lowest BCUT2D eigenvalue weighted by atomic mass is 10.2. The number of nitrogens with one attached hydrogen (secondary N) is 1. The summed E-state index contributed by atoms with van der Waals surface area (Å²) < 4.78 is 0. The molecule has 0 bridgehead atoms. The van der Waals surface area contributed by atoms with Gasteiger partial charge >= 0.3 is 6.03 Å². The Morgan fingerprint density at radius 2 is 2.28 bits per heavy atom. The number of carbonyl (C=O) groups is 1. The summed E-state index contributed by atoms with van der Waals surface area (Å²) in [7, 11) is 0. The molecule has 0 atom stereocenters. The fraction of sp³-hybridized carbons (Fsp3) is 0.462. The SMILES string of the molecule is Cc1cccc(NC(=O)N(CCO)C2CC2)c1Cl. The van der Waals surface area contributed by atoms with Gasteiger partial charge in [-0.05, 0) is 31.4 Å². The van der Waals surface area contributed by atoms with E-state index in [1.54, 1.807) is 11.0 Å². The Bertz CT molecular complexity index is 447. The zero-order valence-electron chi connectivity index (χ0n) is 10.3. The minimum atomic E-state index is -0.195. The van der Waals surface area contributed by atoms with Crippen LogP contribution in [-0.2, 0) is 0 Å². The van der Waals surface area contributed by atoms with Gasteiger partial charge in [0.25, 0.3) is 0 Å². The maximum atomic E-state index is 12.1. The maximum absolute atomic E-state index is 12.1. The second-order valence-electron chi connectivity index (χ2n) is 4.51. The molecule has 1 aliphatic carbocycles. The molecule has 0 aliphatic heterocycles.